The predicted octanol–water partition coefficient (Wildman–Crippen LogP) is 3.36. The van der Waals surface area contributed by atoms with E-state index < -0.39 is 0 Å². The number of phenols is 1. The fraction of sp³-hybridized carbons (Fsp3) is 0.286. The lowest BCUT2D eigenvalue weighted by molar-refractivity contribution is 0.474. The average molecular weight is 247 g/mol. The van der Waals surface area contributed by atoms with E-state index in [1.165, 1.54) is 15.3 Å². The van der Waals surface area contributed by atoms with Crippen molar-refractivity contribution in [2.75, 3.05) is 0 Å². The Balaban J connectivity index is 1.87. The molecule has 0 amide bonds. The van der Waals surface area contributed by atoms with Gasteiger partial charge >= 0.3 is 0 Å². The highest BCUT2D eigenvalue weighted by molar-refractivity contribution is 7.12. The summed E-state index contributed by atoms with van der Waals surface area (Å²) in [5, 5.41) is 12.7. The SMILES string of the molecule is Cc1cc(CNCc2cccc(O)c2)sc1C. The van der Waals surface area contributed by atoms with Crippen molar-refractivity contribution in [1.29, 1.82) is 0 Å². The molecule has 0 atom stereocenters. The number of nitrogens with one attached hydrogen (secondary N) is 1. The second-order valence-corrected chi connectivity index (χ2v) is 5.57. The second kappa shape index (κ2) is 5.34. The highest BCUT2D eigenvalue weighted by atomic mass is 32.1. The van der Waals surface area contributed by atoms with Gasteiger partial charge in [-0.25, -0.2) is 0 Å². The van der Waals surface area contributed by atoms with Crippen molar-refractivity contribution in [2.45, 2.75) is 26.9 Å². The van der Waals surface area contributed by atoms with Gasteiger partial charge in [-0.2, -0.15) is 0 Å². The molecule has 0 saturated heterocycles. The summed E-state index contributed by atoms with van der Waals surface area (Å²) in [5.41, 5.74) is 2.47. The molecular weight excluding hydrogens is 230 g/mol. The Hall–Kier alpha value is -1.32. The molecule has 0 aliphatic carbocycles. The van der Waals surface area contributed by atoms with E-state index in [2.05, 4.69) is 25.2 Å². The van der Waals surface area contributed by atoms with E-state index in [4.69, 9.17) is 0 Å². The van der Waals surface area contributed by atoms with Crippen LogP contribution in [0.3, 0.4) is 0 Å². The summed E-state index contributed by atoms with van der Waals surface area (Å²) in [7, 11) is 0. The standard InChI is InChI=1S/C14H17NOS/c1-10-6-14(17-11(10)2)9-15-8-12-4-3-5-13(16)7-12/h3-7,15-16H,8-9H2,1-2H3. The third-order valence-corrected chi connectivity index (χ3v) is 3.91. The minimum absolute atomic E-state index is 0.326. The first-order valence-corrected chi connectivity index (χ1v) is 6.51. The summed E-state index contributed by atoms with van der Waals surface area (Å²) in [6.45, 7) is 5.96. The van der Waals surface area contributed by atoms with E-state index in [1.54, 1.807) is 12.1 Å². The summed E-state index contributed by atoms with van der Waals surface area (Å²) < 4.78 is 0. The topological polar surface area (TPSA) is 32.3 Å². The maximum atomic E-state index is 9.34. The van der Waals surface area contributed by atoms with Crippen LogP contribution in [0.25, 0.3) is 0 Å². The van der Waals surface area contributed by atoms with Crippen molar-refractivity contribution < 1.29 is 5.11 Å². The third-order valence-electron chi connectivity index (χ3n) is 2.76. The average Bonchev–Trinajstić information content (AvgIpc) is 2.58. The molecule has 0 fully saturated rings. The summed E-state index contributed by atoms with van der Waals surface area (Å²) in [4.78, 5) is 2.75. The summed E-state index contributed by atoms with van der Waals surface area (Å²) in [6.07, 6.45) is 0. The van der Waals surface area contributed by atoms with Crippen molar-refractivity contribution in [3.63, 3.8) is 0 Å². The zero-order valence-corrected chi connectivity index (χ0v) is 11.0. The van der Waals surface area contributed by atoms with Crippen molar-refractivity contribution in [2.24, 2.45) is 0 Å². The molecule has 0 saturated carbocycles. The molecular formula is C14H17NOS. The number of hydrogen-bond donors (Lipinski definition) is 2. The van der Waals surface area contributed by atoms with Crippen molar-refractivity contribution in [3.8, 4) is 5.75 Å². The summed E-state index contributed by atoms with van der Waals surface area (Å²) in [5.74, 6) is 0.326. The van der Waals surface area contributed by atoms with E-state index in [0.717, 1.165) is 18.7 Å². The molecule has 1 heterocycles. The first-order chi connectivity index (χ1) is 8.15. The lowest BCUT2D eigenvalue weighted by atomic mass is 10.2. The molecule has 2 rings (SSSR count). The fourth-order valence-corrected chi connectivity index (χ4v) is 2.76. The summed E-state index contributed by atoms with van der Waals surface area (Å²) >= 11 is 1.84. The van der Waals surface area contributed by atoms with Gasteiger partial charge in [-0.3, -0.25) is 0 Å². The monoisotopic (exact) mass is 247 g/mol. The fourth-order valence-electron chi connectivity index (χ4n) is 1.73. The van der Waals surface area contributed by atoms with Gasteiger partial charge in [-0.1, -0.05) is 12.1 Å². The highest BCUT2D eigenvalue weighted by Crippen LogP contribution is 2.20. The van der Waals surface area contributed by atoms with Crippen LogP contribution in [-0.4, -0.2) is 5.11 Å². The molecule has 0 aliphatic rings. The smallest absolute Gasteiger partial charge is 0.115 e. The van der Waals surface area contributed by atoms with Gasteiger partial charge in [0, 0.05) is 22.8 Å². The van der Waals surface area contributed by atoms with Crippen LogP contribution in [0.15, 0.2) is 30.3 Å². The largest absolute Gasteiger partial charge is 0.508 e. The number of aromatic hydroxyl groups is 1. The van der Waals surface area contributed by atoms with E-state index in [-0.39, 0.29) is 0 Å². The Morgan fingerprint density at radius 3 is 2.65 bits per heavy atom. The van der Waals surface area contributed by atoms with Crippen LogP contribution in [0.5, 0.6) is 5.75 Å². The minimum Gasteiger partial charge on any atom is -0.508 e. The zero-order valence-electron chi connectivity index (χ0n) is 10.2. The molecule has 3 heteroatoms. The Labute approximate surface area is 106 Å². The molecule has 1 aromatic heterocycles. The lowest BCUT2D eigenvalue weighted by Gasteiger charge is -2.03. The third kappa shape index (κ3) is 3.32. The molecule has 0 spiro atoms. The van der Waals surface area contributed by atoms with Crippen LogP contribution < -0.4 is 5.32 Å². The predicted molar refractivity (Wildman–Crippen MR) is 72.4 cm³/mol. The van der Waals surface area contributed by atoms with Crippen LogP contribution in [0.1, 0.15) is 20.9 Å². The van der Waals surface area contributed by atoms with Crippen LogP contribution in [0.2, 0.25) is 0 Å². The molecule has 0 bridgehead atoms. The van der Waals surface area contributed by atoms with Gasteiger partial charge in [-0.15, -0.1) is 11.3 Å². The van der Waals surface area contributed by atoms with Gasteiger partial charge < -0.3 is 10.4 Å². The number of aryl methyl sites for hydroxylation is 2. The Morgan fingerprint density at radius 1 is 1.18 bits per heavy atom. The van der Waals surface area contributed by atoms with Crippen molar-refractivity contribution in [1.82, 2.24) is 5.32 Å². The van der Waals surface area contributed by atoms with Crippen LogP contribution in [0.4, 0.5) is 0 Å². The molecule has 0 aliphatic heterocycles. The van der Waals surface area contributed by atoms with Crippen molar-refractivity contribution >= 4 is 11.3 Å². The minimum atomic E-state index is 0.326. The number of rotatable bonds is 4. The van der Waals surface area contributed by atoms with Crippen LogP contribution >= 0.6 is 11.3 Å². The number of thiophene rings is 1. The van der Waals surface area contributed by atoms with E-state index >= 15 is 0 Å². The van der Waals surface area contributed by atoms with Crippen molar-refractivity contribution in [3.05, 3.63) is 51.2 Å². The van der Waals surface area contributed by atoms with E-state index in [9.17, 15) is 5.11 Å². The molecule has 2 aromatic rings. The molecule has 1 aromatic carbocycles. The Morgan fingerprint density at radius 2 is 2.00 bits per heavy atom. The lowest BCUT2D eigenvalue weighted by Crippen LogP contribution is -2.11. The number of phenolic OH excluding ortho intramolecular Hbond substituents is 1. The van der Waals surface area contributed by atoms with Crippen LogP contribution in [-0.2, 0) is 13.1 Å². The molecule has 0 radical (unpaired) electrons. The van der Waals surface area contributed by atoms with Gasteiger partial charge in [0.2, 0.25) is 0 Å². The Kier molecular flexibility index (Phi) is 3.82. The Bertz CT molecular complexity index is 485. The van der Waals surface area contributed by atoms with E-state index in [0.29, 0.717) is 5.75 Å². The van der Waals surface area contributed by atoms with Gasteiger partial charge in [0.25, 0.3) is 0 Å². The normalized spacial score (nSPS) is 10.7. The van der Waals surface area contributed by atoms with Gasteiger partial charge in [-0.05, 0) is 43.2 Å². The molecule has 17 heavy (non-hydrogen) atoms. The number of benzene rings is 1. The van der Waals surface area contributed by atoms with Gasteiger partial charge in [0.05, 0.1) is 0 Å². The van der Waals surface area contributed by atoms with E-state index in [1.807, 2.05) is 23.5 Å². The van der Waals surface area contributed by atoms with Gasteiger partial charge in [0.15, 0.2) is 0 Å². The molecule has 90 valence electrons. The quantitative estimate of drug-likeness (QED) is 0.868. The molecule has 2 N–H and O–H groups in total. The summed E-state index contributed by atoms with van der Waals surface area (Å²) in [6, 6.07) is 9.59. The zero-order chi connectivity index (χ0) is 12.3. The molecule has 0 unspecified atom stereocenters. The second-order valence-electron chi connectivity index (χ2n) is 4.23. The maximum Gasteiger partial charge on any atom is 0.115 e. The van der Waals surface area contributed by atoms with Crippen LogP contribution in [0, 0.1) is 13.8 Å². The van der Waals surface area contributed by atoms with Gasteiger partial charge in [0.1, 0.15) is 5.75 Å². The number of hydrogen-bond acceptors (Lipinski definition) is 3. The first-order valence-electron chi connectivity index (χ1n) is 5.69. The maximum absolute atomic E-state index is 9.34. The highest BCUT2D eigenvalue weighted by Gasteiger charge is 2.01. The molecule has 2 nitrogen and oxygen atoms in total. The first kappa shape index (κ1) is 12.1.